The molecular weight excluding hydrogens is 110 g/mol. The Morgan fingerprint density at radius 2 is 2.22 bits per heavy atom. The van der Waals surface area contributed by atoms with Gasteiger partial charge in [-0.25, -0.2) is 0 Å². The Bertz CT molecular complexity index is 96.7. The van der Waals surface area contributed by atoms with Crippen molar-refractivity contribution in [1.82, 2.24) is 5.32 Å². The molecule has 0 aromatic rings. The summed E-state index contributed by atoms with van der Waals surface area (Å²) in [5.74, 6) is 0. The Morgan fingerprint density at radius 3 is 2.44 bits per heavy atom. The van der Waals surface area contributed by atoms with Crippen LogP contribution < -0.4 is 5.32 Å². The lowest BCUT2D eigenvalue weighted by Crippen LogP contribution is -2.20. The van der Waals surface area contributed by atoms with Gasteiger partial charge >= 0.3 is 0 Å². The standard InChI is InChI=1S/C8H17N/c1-4-7-5-8(2,3)6-9-7/h7,9H,4-6H2,1-3H3. The van der Waals surface area contributed by atoms with Gasteiger partial charge in [0.1, 0.15) is 0 Å². The van der Waals surface area contributed by atoms with Crippen LogP contribution in [0.3, 0.4) is 0 Å². The van der Waals surface area contributed by atoms with Crippen LogP contribution >= 0.6 is 0 Å². The lowest BCUT2D eigenvalue weighted by Gasteiger charge is -2.14. The molecule has 1 heterocycles. The summed E-state index contributed by atoms with van der Waals surface area (Å²) in [6.07, 6.45) is 2.63. The highest BCUT2D eigenvalue weighted by atomic mass is 15.0. The van der Waals surface area contributed by atoms with E-state index in [0.717, 1.165) is 6.04 Å². The van der Waals surface area contributed by atoms with Crippen molar-refractivity contribution in [2.75, 3.05) is 6.54 Å². The van der Waals surface area contributed by atoms with Crippen molar-refractivity contribution in [2.24, 2.45) is 5.41 Å². The molecule has 1 saturated heterocycles. The van der Waals surface area contributed by atoms with Gasteiger partial charge in [0.15, 0.2) is 0 Å². The lowest BCUT2D eigenvalue weighted by molar-refractivity contribution is 0.400. The van der Waals surface area contributed by atoms with E-state index in [1.54, 1.807) is 0 Å². The maximum Gasteiger partial charge on any atom is 0.00702 e. The molecule has 1 aliphatic rings. The van der Waals surface area contributed by atoms with E-state index >= 15 is 0 Å². The molecule has 1 atom stereocenters. The number of hydrogen-bond acceptors (Lipinski definition) is 1. The highest BCUT2D eigenvalue weighted by molar-refractivity contribution is 4.86. The first-order valence-electron chi connectivity index (χ1n) is 3.87. The molecule has 0 spiro atoms. The Balaban J connectivity index is 2.38. The van der Waals surface area contributed by atoms with Gasteiger partial charge in [0, 0.05) is 12.6 Å². The Morgan fingerprint density at radius 1 is 1.56 bits per heavy atom. The minimum absolute atomic E-state index is 0.556. The highest BCUT2D eigenvalue weighted by Crippen LogP contribution is 2.27. The molecule has 9 heavy (non-hydrogen) atoms. The number of rotatable bonds is 1. The van der Waals surface area contributed by atoms with Crippen LogP contribution in [-0.4, -0.2) is 12.6 Å². The highest BCUT2D eigenvalue weighted by Gasteiger charge is 2.28. The molecule has 0 aliphatic carbocycles. The third-order valence-electron chi connectivity index (χ3n) is 2.16. The van der Waals surface area contributed by atoms with Crippen LogP contribution in [0, 0.1) is 5.41 Å². The van der Waals surface area contributed by atoms with Gasteiger partial charge in [-0.3, -0.25) is 0 Å². The van der Waals surface area contributed by atoms with Crippen molar-refractivity contribution in [3.63, 3.8) is 0 Å². The van der Waals surface area contributed by atoms with Gasteiger partial charge in [0.05, 0.1) is 0 Å². The molecule has 1 nitrogen and oxygen atoms in total. The van der Waals surface area contributed by atoms with Crippen LogP contribution in [0.25, 0.3) is 0 Å². The van der Waals surface area contributed by atoms with Gasteiger partial charge in [-0.05, 0) is 18.3 Å². The van der Waals surface area contributed by atoms with Crippen molar-refractivity contribution in [1.29, 1.82) is 0 Å². The molecule has 0 aromatic heterocycles. The normalized spacial score (nSPS) is 33.0. The van der Waals surface area contributed by atoms with Crippen LogP contribution in [0.4, 0.5) is 0 Å². The fourth-order valence-electron chi connectivity index (χ4n) is 1.52. The molecule has 54 valence electrons. The van der Waals surface area contributed by atoms with Crippen molar-refractivity contribution >= 4 is 0 Å². The Kier molecular flexibility index (Phi) is 1.80. The Hall–Kier alpha value is -0.0400. The molecule has 1 aliphatic heterocycles. The first-order valence-corrected chi connectivity index (χ1v) is 3.87. The van der Waals surface area contributed by atoms with Crippen LogP contribution in [0.2, 0.25) is 0 Å². The second kappa shape index (κ2) is 2.30. The zero-order valence-electron chi connectivity index (χ0n) is 6.70. The van der Waals surface area contributed by atoms with E-state index in [2.05, 4.69) is 26.1 Å². The van der Waals surface area contributed by atoms with E-state index in [0.29, 0.717) is 5.41 Å². The number of nitrogens with one attached hydrogen (secondary N) is 1. The molecule has 0 bridgehead atoms. The van der Waals surface area contributed by atoms with E-state index in [9.17, 15) is 0 Å². The van der Waals surface area contributed by atoms with E-state index < -0.39 is 0 Å². The summed E-state index contributed by atoms with van der Waals surface area (Å²) in [6, 6.07) is 0.792. The van der Waals surface area contributed by atoms with Gasteiger partial charge in [-0.2, -0.15) is 0 Å². The van der Waals surface area contributed by atoms with E-state index in [1.165, 1.54) is 19.4 Å². The fraction of sp³-hybridized carbons (Fsp3) is 1.00. The summed E-state index contributed by atoms with van der Waals surface area (Å²) in [6.45, 7) is 8.11. The molecule has 0 radical (unpaired) electrons. The molecule has 0 aromatic carbocycles. The minimum Gasteiger partial charge on any atom is -0.313 e. The first kappa shape index (κ1) is 7.07. The first-order chi connectivity index (χ1) is 4.14. The topological polar surface area (TPSA) is 12.0 Å². The molecule has 0 amide bonds. The predicted molar refractivity (Wildman–Crippen MR) is 40.5 cm³/mol. The van der Waals surface area contributed by atoms with Gasteiger partial charge in [0.2, 0.25) is 0 Å². The van der Waals surface area contributed by atoms with Crippen LogP contribution in [0.15, 0.2) is 0 Å². The van der Waals surface area contributed by atoms with E-state index in [4.69, 9.17) is 0 Å². The second-order valence-corrected chi connectivity index (χ2v) is 3.85. The largest absolute Gasteiger partial charge is 0.313 e. The molecule has 1 N–H and O–H groups in total. The smallest absolute Gasteiger partial charge is 0.00702 e. The van der Waals surface area contributed by atoms with Crippen LogP contribution in [0.1, 0.15) is 33.6 Å². The fourth-order valence-corrected chi connectivity index (χ4v) is 1.52. The summed E-state index contributed by atoms with van der Waals surface area (Å²) in [4.78, 5) is 0. The molecule has 0 saturated carbocycles. The van der Waals surface area contributed by atoms with Crippen molar-refractivity contribution in [2.45, 2.75) is 39.7 Å². The maximum atomic E-state index is 3.50. The number of hydrogen-bond donors (Lipinski definition) is 1. The zero-order valence-corrected chi connectivity index (χ0v) is 6.70. The van der Waals surface area contributed by atoms with Crippen molar-refractivity contribution < 1.29 is 0 Å². The van der Waals surface area contributed by atoms with E-state index in [1.807, 2.05) is 0 Å². The van der Waals surface area contributed by atoms with E-state index in [-0.39, 0.29) is 0 Å². The molecule has 1 rings (SSSR count). The third-order valence-corrected chi connectivity index (χ3v) is 2.16. The van der Waals surface area contributed by atoms with Gasteiger partial charge in [-0.15, -0.1) is 0 Å². The average molecular weight is 127 g/mol. The van der Waals surface area contributed by atoms with Crippen molar-refractivity contribution in [3.05, 3.63) is 0 Å². The predicted octanol–water partition coefficient (Wildman–Crippen LogP) is 1.78. The zero-order chi connectivity index (χ0) is 6.91. The summed E-state index contributed by atoms with van der Waals surface area (Å²) in [7, 11) is 0. The van der Waals surface area contributed by atoms with Gasteiger partial charge < -0.3 is 5.32 Å². The van der Waals surface area contributed by atoms with Gasteiger partial charge in [0.25, 0.3) is 0 Å². The Labute approximate surface area is 57.8 Å². The minimum atomic E-state index is 0.556. The van der Waals surface area contributed by atoms with Crippen LogP contribution in [0.5, 0.6) is 0 Å². The maximum absolute atomic E-state index is 3.50. The molecule has 1 heteroatoms. The molecular formula is C8H17N. The quantitative estimate of drug-likeness (QED) is 0.566. The van der Waals surface area contributed by atoms with Gasteiger partial charge in [-0.1, -0.05) is 20.8 Å². The summed E-state index contributed by atoms with van der Waals surface area (Å²) in [5, 5.41) is 3.50. The second-order valence-electron chi connectivity index (χ2n) is 3.85. The molecule has 1 fully saturated rings. The summed E-state index contributed by atoms with van der Waals surface area (Å²) in [5.41, 5.74) is 0.556. The van der Waals surface area contributed by atoms with Crippen LogP contribution in [-0.2, 0) is 0 Å². The van der Waals surface area contributed by atoms with Crippen molar-refractivity contribution in [3.8, 4) is 0 Å². The molecule has 1 unspecified atom stereocenters. The third kappa shape index (κ3) is 1.68. The SMILES string of the molecule is CCC1CC(C)(C)CN1. The summed E-state index contributed by atoms with van der Waals surface area (Å²) >= 11 is 0. The summed E-state index contributed by atoms with van der Waals surface area (Å²) < 4.78 is 0. The average Bonchev–Trinajstić information content (AvgIpc) is 2.10. The monoisotopic (exact) mass is 127 g/mol. The lowest BCUT2D eigenvalue weighted by atomic mass is 9.90.